The van der Waals surface area contributed by atoms with Crippen LogP contribution in [0.25, 0.3) is 0 Å². The molecule has 0 aliphatic carbocycles. The molecule has 0 saturated carbocycles. The molecule has 19 heavy (non-hydrogen) atoms. The molecule has 1 rings (SSSR count). The van der Waals surface area contributed by atoms with Gasteiger partial charge in [0.15, 0.2) is 11.5 Å². The SMILES string of the molecule is CCOc1c(OC)cc(/C=N\NC(N)=O)cc1OC. The van der Waals surface area contributed by atoms with E-state index in [-0.39, 0.29) is 0 Å². The van der Waals surface area contributed by atoms with E-state index in [1.807, 2.05) is 6.92 Å². The van der Waals surface area contributed by atoms with E-state index in [9.17, 15) is 4.79 Å². The van der Waals surface area contributed by atoms with Gasteiger partial charge in [0.2, 0.25) is 5.75 Å². The third-order valence-electron chi connectivity index (χ3n) is 2.16. The largest absolute Gasteiger partial charge is 0.493 e. The Bertz CT molecular complexity index is 449. The van der Waals surface area contributed by atoms with Crippen LogP contribution in [0.15, 0.2) is 17.2 Å². The topological polar surface area (TPSA) is 95.2 Å². The number of benzene rings is 1. The lowest BCUT2D eigenvalue weighted by molar-refractivity contribution is 0.249. The fourth-order valence-electron chi connectivity index (χ4n) is 1.43. The molecule has 3 N–H and O–H groups in total. The van der Waals surface area contributed by atoms with Crippen LogP contribution in [0.5, 0.6) is 17.2 Å². The molecule has 0 aromatic heterocycles. The van der Waals surface area contributed by atoms with E-state index in [1.165, 1.54) is 20.4 Å². The van der Waals surface area contributed by atoms with Crippen molar-refractivity contribution >= 4 is 12.2 Å². The van der Waals surface area contributed by atoms with Crippen molar-refractivity contribution < 1.29 is 19.0 Å². The van der Waals surface area contributed by atoms with E-state index >= 15 is 0 Å². The highest BCUT2D eigenvalue weighted by molar-refractivity contribution is 5.83. The highest BCUT2D eigenvalue weighted by Crippen LogP contribution is 2.38. The summed E-state index contributed by atoms with van der Waals surface area (Å²) < 4.78 is 15.9. The lowest BCUT2D eigenvalue weighted by atomic mass is 10.2. The average Bonchev–Trinajstić information content (AvgIpc) is 2.39. The van der Waals surface area contributed by atoms with Gasteiger partial charge in [-0.1, -0.05) is 0 Å². The third-order valence-corrected chi connectivity index (χ3v) is 2.16. The summed E-state index contributed by atoms with van der Waals surface area (Å²) in [6, 6.07) is 2.68. The molecule has 0 unspecified atom stereocenters. The molecule has 0 atom stereocenters. The quantitative estimate of drug-likeness (QED) is 0.596. The summed E-state index contributed by atoms with van der Waals surface area (Å²) in [5, 5.41) is 3.67. The number of amides is 2. The Kier molecular flexibility index (Phi) is 5.46. The molecule has 1 aromatic rings. The fourth-order valence-corrected chi connectivity index (χ4v) is 1.43. The number of carbonyl (C=O) groups is 1. The number of nitrogens with two attached hydrogens (primary N) is 1. The Hall–Kier alpha value is -2.44. The maximum Gasteiger partial charge on any atom is 0.332 e. The number of hydrogen-bond acceptors (Lipinski definition) is 5. The van der Waals surface area contributed by atoms with Crippen LogP contribution < -0.4 is 25.4 Å². The monoisotopic (exact) mass is 267 g/mol. The van der Waals surface area contributed by atoms with Crippen molar-refractivity contribution in [1.82, 2.24) is 5.43 Å². The molecule has 0 fully saturated rings. The summed E-state index contributed by atoms with van der Waals surface area (Å²) in [4.78, 5) is 10.5. The van der Waals surface area contributed by atoms with E-state index in [1.54, 1.807) is 12.1 Å². The first-order chi connectivity index (χ1) is 9.12. The molecular weight excluding hydrogens is 250 g/mol. The van der Waals surface area contributed by atoms with Gasteiger partial charge in [-0.2, -0.15) is 5.10 Å². The van der Waals surface area contributed by atoms with Crippen LogP contribution >= 0.6 is 0 Å². The van der Waals surface area contributed by atoms with Gasteiger partial charge >= 0.3 is 6.03 Å². The number of ether oxygens (including phenoxy) is 3. The highest BCUT2D eigenvalue weighted by Gasteiger charge is 2.13. The van der Waals surface area contributed by atoms with Gasteiger partial charge < -0.3 is 19.9 Å². The molecule has 0 spiro atoms. The number of rotatable bonds is 6. The lowest BCUT2D eigenvalue weighted by Crippen LogP contribution is -2.24. The van der Waals surface area contributed by atoms with Gasteiger partial charge in [0.25, 0.3) is 0 Å². The van der Waals surface area contributed by atoms with Gasteiger partial charge in [-0.05, 0) is 19.1 Å². The van der Waals surface area contributed by atoms with Gasteiger partial charge in [-0.25, -0.2) is 10.2 Å². The van der Waals surface area contributed by atoms with E-state index in [2.05, 4.69) is 10.5 Å². The van der Waals surface area contributed by atoms with Gasteiger partial charge in [0, 0.05) is 5.56 Å². The summed E-state index contributed by atoms with van der Waals surface area (Å²) in [7, 11) is 3.06. The summed E-state index contributed by atoms with van der Waals surface area (Å²) in [6.07, 6.45) is 1.42. The second-order valence-corrected chi connectivity index (χ2v) is 3.42. The van der Waals surface area contributed by atoms with Crippen molar-refractivity contribution in [2.45, 2.75) is 6.92 Å². The van der Waals surface area contributed by atoms with Crippen LogP contribution in [-0.2, 0) is 0 Å². The lowest BCUT2D eigenvalue weighted by Gasteiger charge is -2.14. The molecule has 1 aromatic carbocycles. The van der Waals surface area contributed by atoms with Crippen molar-refractivity contribution in [2.24, 2.45) is 10.8 Å². The van der Waals surface area contributed by atoms with E-state index in [0.29, 0.717) is 29.4 Å². The van der Waals surface area contributed by atoms with Gasteiger partial charge in [-0.15, -0.1) is 0 Å². The van der Waals surface area contributed by atoms with Crippen molar-refractivity contribution in [2.75, 3.05) is 20.8 Å². The second-order valence-electron chi connectivity index (χ2n) is 3.42. The predicted molar refractivity (Wildman–Crippen MR) is 71.0 cm³/mol. The zero-order chi connectivity index (χ0) is 14.3. The first-order valence-corrected chi connectivity index (χ1v) is 5.59. The maximum atomic E-state index is 10.5. The van der Waals surface area contributed by atoms with Crippen LogP contribution in [0.3, 0.4) is 0 Å². The highest BCUT2D eigenvalue weighted by atomic mass is 16.5. The number of nitrogens with one attached hydrogen (secondary N) is 1. The maximum absolute atomic E-state index is 10.5. The predicted octanol–water partition coefficient (Wildman–Crippen LogP) is 1.10. The smallest absolute Gasteiger partial charge is 0.332 e. The van der Waals surface area contributed by atoms with E-state index in [0.717, 1.165) is 0 Å². The van der Waals surface area contributed by atoms with Crippen LogP contribution in [-0.4, -0.2) is 33.1 Å². The van der Waals surface area contributed by atoms with Gasteiger partial charge in [0.1, 0.15) is 0 Å². The van der Waals surface area contributed by atoms with Gasteiger partial charge in [0.05, 0.1) is 27.0 Å². The number of hydrazone groups is 1. The third kappa shape index (κ3) is 4.06. The van der Waals surface area contributed by atoms with Crippen molar-refractivity contribution in [1.29, 1.82) is 0 Å². The molecule has 0 aliphatic heterocycles. The molecular formula is C12H17N3O4. The van der Waals surface area contributed by atoms with Crippen molar-refractivity contribution in [3.63, 3.8) is 0 Å². The zero-order valence-electron chi connectivity index (χ0n) is 11.1. The van der Waals surface area contributed by atoms with E-state index in [4.69, 9.17) is 19.9 Å². The van der Waals surface area contributed by atoms with Crippen molar-refractivity contribution in [3.8, 4) is 17.2 Å². The molecule has 0 aliphatic rings. The normalized spacial score (nSPS) is 10.3. The minimum Gasteiger partial charge on any atom is -0.493 e. The zero-order valence-corrected chi connectivity index (χ0v) is 11.1. The first-order valence-electron chi connectivity index (χ1n) is 5.59. The summed E-state index contributed by atoms with van der Waals surface area (Å²) in [5.74, 6) is 1.55. The Labute approximate surface area is 111 Å². The minimum atomic E-state index is -0.735. The van der Waals surface area contributed by atoms with Crippen LogP contribution in [0.2, 0.25) is 0 Å². The number of primary amides is 1. The Morgan fingerprint density at radius 3 is 2.37 bits per heavy atom. The Balaban J connectivity index is 3.08. The second kappa shape index (κ2) is 7.10. The number of carbonyl (C=O) groups excluding carboxylic acids is 1. The van der Waals surface area contributed by atoms with E-state index < -0.39 is 6.03 Å². The summed E-state index contributed by atoms with van der Waals surface area (Å²) in [6.45, 7) is 2.36. The number of urea groups is 1. The molecule has 0 radical (unpaired) electrons. The van der Waals surface area contributed by atoms with Crippen LogP contribution in [0, 0.1) is 0 Å². The molecule has 0 bridgehead atoms. The first kappa shape index (κ1) is 14.6. The Morgan fingerprint density at radius 1 is 1.37 bits per heavy atom. The Morgan fingerprint density at radius 2 is 1.95 bits per heavy atom. The number of nitrogens with zero attached hydrogens (tertiary/aromatic N) is 1. The molecule has 7 nitrogen and oxygen atoms in total. The molecule has 0 heterocycles. The molecule has 7 heteroatoms. The number of hydrogen-bond donors (Lipinski definition) is 2. The molecule has 104 valence electrons. The van der Waals surface area contributed by atoms with Crippen LogP contribution in [0.4, 0.5) is 4.79 Å². The number of methoxy groups -OCH3 is 2. The van der Waals surface area contributed by atoms with Crippen molar-refractivity contribution in [3.05, 3.63) is 17.7 Å². The van der Waals surface area contributed by atoms with Crippen LogP contribution in [0.1, 0.15) is 12.5 Å². The average molecular weight is 267 g/mol. The minimum absolute atomic E-state index is 0.489. The van der Waals surface area contributed by atoms with Gasteiger partial charge in [-0.3, -0.25) is 0 Å². The molecule has 0 saturated heterocycles. The summed E-state index contributed by atoms with van der Waals surface area (Å²) in [5.41, 5.74) is 7.68. The fraction of sp³-hybridized carbons (Fsp3) is 0.333. The summed E-state index contributed by atoms with van der Waals surface area (Å²) >= 11 is 0. The standard InChI is InChI=1S/C12H17N3O4/c1-4-19-11-9(17-2)5-8(6-10(11)18-3)7-14-15-12(13)16/h5-7H,4H2,1-3H3,(H3,13,15,16)/b14-7-. The molecule has 2 amide bonds.